The molecule has 5 nitrogen and oxygen atoms in total. The fourth-order valence-corrected chi connectivity index (χ4v) is 2.31. The minimum Gasteiger partial charge on any atom is -0.383 e. The largest absolute Gasteiger partial charge is 0.383 e. The highest BCUT2D eigenvalue weighted by Crippen LogP contribution is 2.26. The number of anilines is 1. The molecular formula is C14H23N5. The maximum atomic E-state index is 6.24. The predicted octanol–water partition coefficient (Wildman–Crippen LogP) is 2.71. The lowest BCUT2D eigenvalue weighted by atomic mass is 10.2. The van der Waals surface area contributed by atoms with Gasteiger partial charge in [-0.15, -0.1) is 0 Å². The Bertz CT molecular complexity index is 538. The molecule has 0 amide bonds. The molecule has 0 atom stereocenters. The Balaban J connectivity index is 2.38. The minimum absolute atomic E-state index is 0.759. The van der Waals surface area contributed by atoms with Crippen LogP contribution in [0.3, 0.4) is 0 Å². The van der Waals surface area contributed by atoms with Crippen LogP contribution < -0.4 is 5.73 Å². The monoisotopic (exact) mass is 261 g/mol. The molecule has 104 valence electrons. The molecule has 0 fully saturated rings. The van der Waals surface area contributed by atoms with Gasteiger partial charge in [0, 0.05) is 31.3 Å². The number of nitrogens with two attached hydrogens (primary N) is 1. The lowest BCUT2D eigenvalue weighted by Gasteiger charge is -2.06. The summed E-state index contributed by atoms with van der Waals surface area (Å²) in [6.07, 6.45) is 6.90. The van der Waals surface area contributed by atoms with E-state index >= 15 is 0 Å². The van der Waals surface area contributed by atoms with E-state index in [1.54, 1.807) is 0 Å². The quantitative estimate of drug-likeness (QED) is 0.869. The topological polar surface area (TPSA) is 61.7 Å². The first kappa shape index (κ1) is 13.6. The molecule has 0 aliphatic rings. The Morgan fingerprint density at radius 2 is 1.89 bits per heavy atom. The summed E-state index contributed by atoms with van der Waals surface area (Å²) in [7, 11) is 0. The first-order valence-corrected chi connectivity index (χ1v) is 7.08. The molecule has 0 aliphatic carbocycles. The van der Waals surface area contributed by atoms with Crippen molar-refractivity contribution in [2.45, 2.75) is 53.1 Å². The number of hydrogen-bond donors (Lipinski definition) is 1. The zero-order chi connectivity index (χ0) is 13.8. The van der Waals surface area contributed by atoms with Gasteiger partial charge in [0.1, 0.15) is 17.3 Å². The van der Waals surface area contributed by atoms with Crippen LogP contribution in [0.2, 0.25) is 0 Å². The number of nitrogens with zero attached hydrogens (tertiary/aromatic N) is 4. The molecule has 2 rings (SSSR count). The van der Waals surface area contributed by atoms with E-state index in [9.17, 15) is 0 Å². The summed E-state index contributed by atoms with van der Waals surface area (Å²) in [4.78, 5) is 4.68. The van der Waals surface area contributed by atoms with E-state index in [1.165, 1.54) is 0 Å². The molecule has 2 heterocycles. The molecule has 2 aromatic rings. The minimum atomic E-state index is 0.759. The van der Waals surface area contributed by atoms with Crippen molar-refractivity contribution in [3.8, 4) is 11.3 Å². The van der Waals surface area contributed by atoms with Crippen LogP contribution in [0.25, 0.3) is 11.3 Å². The highest BCUT2D eigenvalue weighted by molar-refractivity contribution is 5.69. The van der Waals surface area contributed by atoms with Crippen molar-refractivity contribution in [2.24, 2.45) is 0 Å². The zero-order valence-corrected chi connectivity index (χ0v) is 12.1. The van der Waals surface area contributed by atoms with Crippen LogP contribution in [-0.4, -0.2) is 19.3 Å². The summed E-state index contributed by atoms with van der Waals surface area (Å²) in [6, 6.07) is 0. The molecule has 0 saturated heterocycles. The molecule has 0 saturated carbocycles. The van der Waals surface area contributed by atoms with Gasteiger partial charge in [0.25, 0.3) is 0 Å². The van der Waals surface area contributed by atoms with Gasteiger partial charge in [0.2, 0.25) is 0 Å². The van der Waals surface area contributed by atoms with Crippen LogP contribution in [-0.2, 0) is 19.5 Å². The van der Waals surface area contributed by atoms with Gasteiger partial charge in [-0.3, -0.25) is 4.68 Å². The predicted molar refractivity (Wildman–Crippen MR) is 77.8 cm³/mol. The summed E-state index contributed by atoms with van der Waals surface area (Å²) >= 11 is 0. The molecule has 0 aliphatic heterocycles. The van der Waals surface area contributed by atoms with Crippen molar-refractivity contribution >= 4 is 5.82 Å². The second kappa shape index (κ2) is 5.91. The highest BCUT2D eigenvalue weighted by atomic mass is 15.3. The third-order valence-electron chi connectivity index (χ3n) is 3.21. The molecular weight excluding hydrogens is 238 g/mol. The molecule has 2 aromatic heterocycles. The molecule has 19 heavy (non-hydrogen) atoms. The molecule has 5 heteroatoms. The fraction of sp³-hybridized carbons (Fsp3) is 0.571. The molecule has 0 aromatic carbocycles. The average Bonchev–Trinajstić information content (AvgIpc) is 2.97. The Hall–Kier alpha value is -1.78. The first-order chi connectivity index (χ1) is 9.21. The third kappa shape index (κ3) is 2.64. The number of rotatable bonds is 6. The van der Waals surface area contributed by atoms with E-state index in [4.69, 9.17) is 5.73 Å². The fourth-order valence-electron chi connectivity index (χ4n) is 2.31. The summed E-state index contributed by atoms with van der Waals surface area (Å²) in [5, 5.41) is 4.35. The molecule has 2 N–H and O–H groups in total. The lowest BCUT2D eigenvalue weighted by Crippen LogP contribution is -2.06. The van der Waals surface area contributed by atoms with E-state index in [2.05, 4.69) is 35.4 Å². The Morgan fingerprint density at radius 1 is 1.16 bits per heavy atom. The SMILES string of the molecule is CCCn1cc(-c2nc(CC)n(CCC)c2N)cn1. The van der Waals surface area contributed by atoms with Crippen molar-refractivity contribution in [2.75, 3.05) is 5.73 Å². The number of nitrogen functional groups attached to an aromatic ring is 1. The van der Waals surface area contributed by atoms with Gasteiger partial charge in [-0.25, -0.2) is 4.98 Å². The van der Waals surface area contributed by atoms with E-state index in [-0.39, 0.29) is 0 Å². The summed E-state index contributed by atoms with van der Waals surface area (Å²) < 4.78 is 4.06. The van der Waals surface area contributed by atoms with Gasteiger partial charge in [-0.1, -0.05) is 20.8 Å². The normalized spacial score (nSPS) is 11.1. The van der Waals surface area contributed by atoms with Crippen LogP contribution in [0.15, 0.2) is 12.4 Å². The number of aromatic nitrogens is 4. The molecule has 0 spiro atoms. The van der Waals surface area contributed by atoms with Crippen molar-refractivity contribution in [1.29, 1.82) is 0 Å². The molecule has 0 radical (unpaired) electrons. The van der Waals surface area contributed by atoms with Gasteiger partial charge in [0.15, 0.2) is 0 Å². The van der Waals surface area contributed by atoms with Crippen molar-refractivity contribution in [3.63, 3.8) is 0 Å². The summed E-state index contributed by atoms with van der Waals surface area (Å²) in [6.45, 7) is 8.25. The van der Waals surface area contributed by atoms with E-state index in [0.29, 0.717) is 0 Å². The Kier molecular flexibility index (Phi) is 4.24. The van der Waals surface area contributed by atoms with Crippen molar-refractivity contribution in [3.05, 3.63) is 18.2 Å². The van der Waals surface area contributed by atoms with Gasteiger partial charge in [-0.05, 0) is 12.8 Å². The van der Waals surface area contributed by atoms with Crippen molar-refractivity contribution in [1.82, 2.24) is 19.3 Å². The molecule has 0 unspecified atom stereocenters. The van der Waals surface area contributed by atoms with E-state index in [0.717, 1.165) is 55.3 Å². The van der Waals surface area contributed by atoms with Gasteiger partial charge >= 0.3 is 0 Å². The van der Waals surface area contributed by atoms with Crippen LogP contribution in [0.1, 0.15) is 39.4 Å². The standard InChI is InChI=1S/C14H23N5/c1-4-7-18-10-11(9-16-18)13-14(15)19(8-5-2)12(6-3)17-13/h9-10H,4-8,15H2,1-3H3. The van der Waals surface area contributed by atoms with Gasteiger partial charge < -0.3 is 10.3 Å². The van der Waals surface area contributed by atoms with Gasteiger partial charge in [0.05, 0.1) is 6.20 Å². The average molecular weight is 261 g/mol. The van der Waals surface area contributed by atoms with E-state index in [1.807, 2.05) is 17.1 Å². The Labute approximate surface area is 114 Å². The number of imidazole rings is 1. The lowest BCUT2D eigenvalue weighted by molar-refractivity contribution is 0.603. The van der Waals surface area contributed by atoms with Gasteiger partial charge in [-0.2, -0.15) is 5.10 Å². The first-order valence-electron chi connectivity index (χ1n) is 7.08. The highest BCUT2D eigenvalue weighted by Gasteiger charge is 2.15. The smallest absolute Gasteiger partial charge is 0.131 e. The van der Waals surface area contributed by atoms with Crippen LogP contribution in [0.4, 0.5) is 5.82 Å². The van der Waals surface area contributed by atoms with Crippen molar-refractivity contribution < 1.29 is 0 Å². The maximum Gasteiger partial charge on any atom is 0.131 e. The van der Waals surface area contributed by atoms with Crippen LogP contribution >= 0.6 is 0 Å². The number of hydrogen-bond acceptors (Lipinski definition) is 3. The zero-order valence-electron chi connectivity index (χ0n) is 12.1. The second-order valence-electron chi connectivity index (χ2n) is 4.76. The number of aryl methyl sites for hydroxylation is 2. The summed E-state index contributed by atoms with van der Waals surface area (Å²) in [5.74, 6) is 1.81. The maximum absolute atomic E-state index is 6.24. The summed E-state index contributed by atoms with van der Waals surface area (Å²) in [5.41, 5.74) is 8.12. The van der Waals surface area contributed by atoms with Crippen LogP contribution in [0.5, 0.6) is 0 Å². The Morgan fingerprint density at radius 3 is 2.53 bits per heavy atom. The van der Waals surface area contributed by atoms with E-state index < -0.39 is 0 Å². The van der Waals surface area contributed by atoms with Crippen LogP contribution in [0, 0.1) is 0 Å². The second-order valence-corrected chi connectivity index (χ2v) is 4.76. The molecule has 0 bridgehead atoms. The third-order valence-corrected chi connectivity index (χ3v) is 3.21.